The number of benzene rings is 1. The van der Waals surface area contributed by atoms with Crippen LogP contribution in [0.25, 0.3) is 0 Å². The van der Waals surface area contributed by atoms with Crippen molar-refractivity contribution in [2.75, 3.05) is 5.32 Å². The van der Waals surface area contributed by atoms with E-state index >= 15 is 0 Å². The summed E-state index contributed by atoms with van der Waals surface area (Å²) < 4.78 is 0. The van der Waals surface area contributed by atoms with Crippen LogP contribution in [0.4, 0.5) is 5.69 Å². The van der Waals surface area contributed by atoms with Crippen LogP contribution < -0.4 is 5.32 Å². The van der Waals surface area contributed by atoms with E-state index in [4.69, 9.17) is 5.11 Å². The molecule has 0 radical (unpaired) electrons. The van der Waals surface area contributed by atoms with Gasteiger partial charge in [0.05, 0.1) is 12.1 Å². The molecule has 0 saturated heterocycles. The number of hydrogen-bond donors (Lipinski definition) is 3. The second-order valence-electron chi connectivity index (χ2n) is 3.90. The minimum absolute atomic E-state index is 0.310. The van der Waals surface area contributed by atoms with E-state index < -0.39 is 5.97 Å². The molecular formula is C13H14N2O2. The van der Waals surface area contributed by atoms with E-state index in [9.17, 15) is 4.79 Å². The second kappa shape index (κ2) is 4.74. The second-order valence-corrected chi connectivity index (χ2v) is 3.90. The Labute approximate surface area is 99.3 Å². The van der Waals surface area contributed by atoms with Gasteiger partial charge in [-0.25, -0.2) is 4.79 Å². The van der Waals surface area contributed by atoms with Gasteiger partial charge in [-0.15, -0.1) is 0 Å². The summed E-state index contributed by atoms with van der Waals surface area (Å²) in [5.41, 5.74) is 3.14. The predicted molar refractivity (Wildman–Crippen MR) is 66.3 cm³/mol. The molecule has 4 nitrogen and oxygen atoms in total. The van der Waals surface area contributed by atoms with Crippen molar-refractivity contribution >= 4 is 11.7 Å². The lowest BCUT2D eigenvalue weighted by Gasteiger charge is -2.06. The van der Waals surface area contributed by atoms with Gasteiger partial charge >= 0.3 is 5.97 Å². The molecule has 0 atom stereocenters. The Balaban J connectivity index is 2.07. The van der Waals surface area contributed by atoms with Gasteiger partial charge < -0.3 is 15.4 Å². The molecule has 0 bridgehead atoms. The quantitative estimate of drug-likeness (QED) is 0.756. The van der Waals surface area contributed by atoms with Crippen LogP contribution in [0.2, 0.25) is 0 Å². The molecule has 2 rings (SSSR count). The summed E-state index contributed by atoms with van der Waals surface area (Å²) in [6, 6.07) is 9.52. The highest BCUT2D eigenvalue weighted by Crippen LogP contribution is 2.13. The first-order valence-corrected chi connectivity index (χ1v) is 5.37. The maximum Gasteiger partial charge on any atom is 0.337 e. The molecule has 0 fully saturated rings. The van der Waals surface area contributed by atoms with Crippen LogP contribution in [0.5, 0.6) is 0 Å². The van der Waals surface area contributed by atoms with Gasteiger partial charge in [0.15, 0.2) is 0 Å². The van der Waals surface area contributed by atoms with Crippen molar-refractivity contribution in [2.45, 2.75) is 13.5 Å². The summed E-state index contributed by atoms with van der Waals surface area (Å²) in [6.07, 6.45) is 1.64. The van der Waals surface area contributed by atoms with Gasteiger partial charge in [-0.2, -0.15) is 0 Å². The van der Waals surface area contributed by atoms with E-state index in [0.717, 1.165) is 5.69 Å². The number of aromatic nitrogens is 1. The van der Waals surface area contributed by atoms with Gasteiger partial charge in [0, 0.05) is 17.6 Å². The molecule has 3 N–H and O–H groups in total. The molecule has 2 aromatic rings. The molecule has 0 aliphatic rings. The number of hydrogen-bond acceptors (Lipinski definition) is 2. The summed E-state index contributed by atoms with van der Waals surface area (Å²) in [5.74, 6) is -0.910. The van der Waals surface area contributed by atoms with Crippen LogP contribution >= 0.6 is 0 Å². The lowest BCUT2D eigenvalue weighted by Crippen LogP contribution is -2.06. The van der Waals surface area contributed by atoms with E-state index in [0.29, 0.717) is 17.8 Å². The third kappa shape index (κ3) is 2.66. The largest absolute Gasteiger partial charge is 0.478 e. The Morgan fingerprint density at radius 3 is 2.94 bits per heavy atom. The highest BCUT2D eigenvalue weighted by Gasteiger charge is 2.10. The van der Waals surface area contributed by atoms with Crippen LogP contribution in [-0.2, 0) is 6.54 Å². The van der Waals surface area contributed by atoms with E-state index in [1.807, 2.05) is 31.2 Å². The zero-order valence-electron chi connectivity index (χ0n) is 9.53. The number of carbonyl (C=O) groups is 1. The number of anilines is 1. The Morgan fingerprint density at radius 1 is 1.41 bits per heavy atom. The summed E-state index contributed by atoms with van der Waals surface area (Å²) >= 11 is 0. The van der Waals surface area contributed by atoms with Crippen molar-refractivity contribution < 1.29 is 9.90 Å². The third-order valence-electron chi connectivity index (χ3n) is 2.55. The SMILES string of the molecule is Cc1cccc(NCc2[nH]ccc2C(=O)O)c1. The Morgan fingerprint density at radius 2 is 2.24 bits per heavy atom. The Hall–Kier alpha value is -2.23. The van der Waals surface area contributed by atoms with Crippen molar-refractivity contribution in [1.29, 1.82) is 0 Å². The van der Waals surface area contributed by atoms with Gasteiger partial charge in [-0.1, -0.05) is 12.1 Å². The van der Waals surface area contributed by atoms with Gasteiger partial charge in [0.1, 0.15) is 0 Å². The van der Waals surface area contributed by atoms with Crippen LogP contribution in [0, 0.1) is 6.92 Å². The standard InChI is InChI=1S/C13H14N2O2/c1-9-3-2-4-10(7-9)15-8-12-11(13(16)17)5-6-14-12/h2-7,14-15H,8H2,1H3,(H,16,17). The zero-order valence-corrected chi connectivity index (χ0v) is 9.53. The van der Waals surface area contributed by atoms with Crippen LogP contribution in [0.1, 0.15) is 21.6 Å². The summed E-state index contributed by atoms with van der Waals surface area (Å²) in [6.45, 7) is 2.49. The number of rotatable bonds is 4. The topological polar surface area (TPSA) is 65.1 Å². The number of aromatic amines is 1. The first-order valence-electron chi connectivity index (χ1n) is 5.37. The molecule has 1 aromatic heterocycles. The number of aromatic carboxylic acids is 1. The fourth-order valence-electron chi connectivity index (χ4n) is 1.70. The summed E-state index contributed by atoms with van der Waals surface area (Å²) in [7, 11) is 0. The fourth-order valence-corrected chi connectivity index (χ4v) is 1.70. The summed E-state index contributed by atoms with van der Waals surface area (Å²) in [4.78, 5) is 13.8. The fraction of sp³-hybridized carbons (Fsp3) is 0.154. The maximum absolute atomic E-state index is 10.9. The molecule has 88 valence electrons. The van der Waals surface area contributed by atoms with E-state index in [-0.39, 0.29) is 0 Å². The monoisotopic (exact) mass is 230 g/mol. The smallest absolute Gasteiger partial charge is 0.337 e. The molecule has 1 heterocycles. The average molecular weight is 230 g/mol. The number of nitrogens with one attached hydrogen (secondary N) is 2. The molecule has 0 unspecified atom stereocenters. The van der Waals surface area contributed by atoms with E-state index in [1.165, 1.54) is 5.56 Å². The maximum atomic E-state index is 10.9. The molecule has 0 saturated carbocycles. The number of aryl methyl sites for hydroxylation is 1. The number of H-pyrrole nitrogens is 1. The minimum atomic E-state index is -0.910. The van der Waals surface area contributed by atoms with Gasteiger partial charge in [0.2, 0.25) is 0 Å². The van der Waals surface area contributed by atoms with Crippen molar-refractivity contribution in [3.8, 4) is 0 Å². The van der Waals surface area contributed by atoms with Crippen LogP contribution in [0.15, 0.2) is 36.5 Å². The molecule has 4 heteroatoms. The predicted octanol–water partition coefficient (Wildman–Crippen LogP) is 2.63. The van der Waals surface area contributed by atoms with Crippen molar-refractivity contribution in [2.24, 2.45) is 0 Å². The van der Waals surface area contributed by atoms with Crippen molar-refractivity contribution in [3.05, 3.63) is 53.3 Å². The van der Waals surface area contributed by atoms with E-state index in [2.05, 4.69) is 10.3 Å². The molecular weight excluding hydrogens is 216 g/mol. The van der Waals surface area contributed by atoms with Crippen molar-refractivity contribution in [1.82, 2.24) is 4.98 Å². The molecule has 1 aromatic carbocycles. The minimum Gasteiger partial charge on any atom is -0.478 e. The third-order valence-corrected chi connectivity index (χ3v) is 2.55. The molecule has 0 aliphatic carbocycles. The lowest BCUT2D eigenvalue weighted by atomic mass is 10.2. The van der Waals surface area contributed by atoms with E-state index in [1.54, 1.807) is 12.3 Å². The Kier molecular flexibility index (Phi) is 3.14. The van der Waals surface area contributed by atoms with Gasteiger partial charge in [-0.3, -0.25) is 0 Å². The van der Waals surface area contributed by atoms with Gasteiger partial charge in [0.25, 0.3) is 0 Å². The van der Waals surface area contributed by atoms with Crippen molar-refractivity contribution in [3.63, 3.8) is 0 Å². The number of carboxylic acid groups (broad SMARTS) is 1. The first kappa shape index (κ1) is 11.3. The molecule has 0 amide bonds. The van der Waals surface area contributed by atoms with Crippen LogP contribution in [-0.4, -0.2) is 16.1 Å². The summed E-state index contributed by atoms with van der Waals surface area (Å²) in [5, 5.41) is 12.1. The first-order chi connectivity index (χ1) is 8.16. The molecule has 0 spiro atoms. The van der Waals surface area contributed by atoms with Gasteiger partial charge in [-0.05, 0) is 30.7 Å². The average Bonchev–Trinajstić information content (AvgIpc) is 2.74. The highest BCUT2D eigenvalue weighted by atomic mass is 16.4. The lowest BCUT2D eigenvalue weighted by molar-refractivity contribution is 0.0696. The van der Waals surface area contributed by atoms with Crippen LogP contribution in [0.3, 0.4) is 0 Å². The number of carboxylic acids is 1. The Bertz CT molecular complexity index is 532. The zero-order chi connectivity index (χ0) is 12.3. The highest BCUT2D eigenvalue weighted by molar-refractivity contribution is 5.89. The molecule has 0 aliphatic heterocycles. The normalized spacial score (nSPS) is 10.2. The molecule has 17 heavy (non-hydrogen) atoms.